The molecule has 2 aromatic carbocycles. The molecule has 0 aliphatic heterocycles. The molecule has 2 N–H and O–H groups in total. The van der Waals surface area contributed by atoms with Crippen LogP contribution in [0, 0.1) is 12.7 Å². The summed E-state index contributed by atoms with van der Waals surface area (Å²) < 4.78 is 40.2. The summed E-state index contributed by atoms with van der Waals surface area (Å²) in [6.45, 7) is 7.81. The lowest BCUT2D eigenvalue weighted by Gasteiger charge is -2.19. The van der Waals surface area contributed by atoms with E-state index in [0.29, 0.717) is 11.3 Å². The van der Waals surface area contributed by atoms with E-state index in [0.717, 1.165) is 5.56 Å². The Morgan fingerprint density at radius 1 is 1.07 bits per heavy atom. The van der Waals surface area contributed by atoms with Crippen LogP contribution in [0.25, 0.3) is 0 Å². The van der Waals surface area contributed by atoms with Crippen LogP contribution < -0.4 is 10.0 Å². The first-order chi connectivity index (χ1) is 12.5. The highest BCUT2D eigenvalue weighted by atomic mass is 32.2. The van der Waals surface area contributed by atoms with Crippen LogP contribution in [0.5, 0.6) is 0 Å². The number of carbonyl (C=O) groups excluding carboxylic acids is 1. The minimum absolute atomic E-state index is 0.0316. The van der Waals surface area contributed by atoms with Crippen LogP contribution in [0.4, 0.5) is 10.1 Å². The van der Waals surface area contributed by atoms with E-state index < -0.39 is 10.0 Å². The van der Waals surface area contributed by atoms with Gasteiger partial charge in [-0.2, -0.15) is 0 Å². The number of aryl methyl sites for hydroxylation is 1. The van der Waals surface area contributed by atoms with E-state index in [1.165, 1.54) is 18.2 Å². The average Bonchev–Trinajstić information content (AvgIpc) is 2.56. The lowest BCUT2D eigenvalue weighted by molar-refractivity contribution is -0.116. The first kappa shape index (κ1) is 21.1. The van der Waals surface area contributed by atoms with Gasteiger partial charge in [0.2, 0.25) is 15.9 Å². The van der Waals surface area contributed by atoms with E-state index in [2.05, 4.69) is 30.8 Å². The molecule has 0 unspecified atom stereocenters. The fourth-order valence-corrected chi connectivity index (χ4v) is 3.53. The molecule has 2 aromatic rings. The van der Waals surface area contributed by atoms with Crippen molar-refractivity contribution in [2.45, 2.75) is 44.4 Å². The highest BCUT2D eigenvalue weighted by Crippen LogP contribution is 2.23. The molecular weight excluding hydrogens is 367 g/mol. The summed E-state index contributed by atoms with van der Waals surface area (Å²) in [6.07, 6.45) is -0.0316. The van der Waals surface area contributed by atoms with Gasteiger partial charge in [-0.05, 0) is 53.8 Å². The highest BCUT2D eigenvalue weighted by molar-refractivity contribution is 7.89. The van der Waals surface area contributed by atoms with Crippen molar-refractivity contribution in [2.75, 3.05) is 11.9 Å². The maximum Gasteiger partial charge on any atom is 0.240 e. The molecule has 146 valence electrons. The first-order valence-corrected chi connectivity index (χ1v) is 10.1. The van der Waals surface area contributed by atoms with Gasteiger partial charge < -0.3 is 5.32 Å². The summed E-state index contributed by atoms with van der Waals surface area (Å²) >= 11 is 0. The zero-order valence-electron chi connectivity index (χ0n) is 16.0. The highest BCUT2D eigenvalue weighted by Gasteiger charge is 2.17. The summed E-state index contributed by atoms with van der Waals surface area (Å²) in [7, 11) is -3.68. The second-order valence-electron chi connectivity index (χ2n) is 7.43. The number of anilines is 1. The zero-order valence-corrected chi connectivity index (χ0v) is 16.8. The third-order valence-electron chi connectivity index (χ3n) is 4.14. The fourth-order valence-electron chi connectivity index (χ4n) is 2.50. The SMILES string of the molecule is Cc1cc(F)ccc1NC(=O)CCNS(=O)(=O)c1ccc(C(C)(C)C)cc1. The molecule has 0 fully saturated rings. The smallest absolute Gasteiger partial charge is 0.240 e. The van der Waals surface area contributed by atoms with E-state index in [9.17, 15) is 17.6 Å². The van der Waals surface area contributed by atoms with Crippen LogP contribution in [-0.2, 0) is 20.2 Å². The van der Waals surface area contributed by atoms with Gasteiger partial charge in [-0.25, -0.2) is 17.5 Å². The van der Waals surface area contributed by atoms with Crippen LogP contribution >= 0.6 is 0 Å². The molecule has 2 rings (SSSR count). The monoisotopic (exact) mass is 392 g/mol. The summed E-state index contributed by atoms with van der Waals surface area (Å²) in [4.78, 5) is 12.1. The number of hydrogen-bond acceptors (Lipinski definition) is 3. The zero-order chi connectivity index (χ0) is 20.2. The van der Waals surface area contributed by atoms with Gasteiger partial charge in [0.05, 0.1) is 4.90 Å². The summed E-state index contributed by atoms with van der Waals surface area (Å²) in [6, 6.07) is 10.8. The predicted molar refractivity (Wildman–Crippen MR) is 105 cm³/mol. The Morgan fingerprint density at radius 3 is 2.26 bits per heavy atom. The van der Waals surface area contributed by atoms with Gasteiger partial charge in [-0.3, -0.25) is 4.79 Å². The third kappa shape index (κ3) is 5.87. The topological polar surface area (TPSA) is 75.3 Å². The summed E-state index contributed by atoms with van der Waals surface area (Å²) in [5.74, 6) is -0.730. The summed E-state index contributed by atoms with van der Waals surface area (Å²) in [5.41, 5.74) is 2.08. The Balaban J connectivity index is 1.92. The van der Waals surface area contributed by atoms with Gasteiger partial charge in [0.1, 0.15) is 5.82 Å². The first-order valence-electron chi connectivity index (χ1n) is 8.65. The molecule has 0 spiro atoms. The molecule has 0 bridgehead atoms. The lowest BCUT2D eigenvalue weighted by Crippen LogP contribution is -2.28. The molecule has 0 aromatic heterocycles. The molecule has 0 aliphatic carbocycles. The Kier molecular flexibility index (Phi) is 6.38. The van der Waals surface area contributed by atoms with Crippen molar-refractivity contribution in [3.63, 3.8) is 0 Å². The van der Waals surface area contributed by atoms with E-state index >= 15 is 0 Å². The van der Waals surface area contributed by atoms with Crippen LogP contribution in [0.2, 0.25) is 0 Å². The maximum atomic E-state index is 13.1. The van der Waals surface area contributed by atoms with Crippen molar-refractivity contribution in [3.8, 4) is 0 Å². The molecule has 0 saturated carbocycles. The van der Waals surface area contributed by atoms with Crippen molar-refractivity contribution < 1.29 is 17.6 Å². The molecular formula is C20H25FN2O3S. The number of sulfonamides is 1. The quantitative estimate of drug-likeness (QED) is 0.786. The van der Waals surface area contributed by atoms with Crippen molar-refractivity contribution in [2.24, 2.45) is 0 Å². The molecule has 0 atom stereocenters. The molecule has 7 heteroatoms. The standard InChI is InChI=1S/C20H25FN2O3S/c1-14-13-16(21)7-10-18(14)23-19(24)11-12-22-27(25,26)17-8-5-15(6-9-17)20(2,3)4/h5-10,13,22H,11-12H2,1-4H3,(H,23,24). The number of halogens is 1. The molecule has 0 heterocycles. The molecule has 0 saturated heterocycles. The fraction of sp³-hybridized carbons (Fsp3) is 0.350. The Hall–Kier alpha value is -2.25. The average molecular weight is 392 g/mol. The summed E-state index contributed by atoms with van der Waals surface area (Å²) in [5, 5.41) is 2.65. The van der Waals surface area contributed by atoms with Crippen molar-refractivity contribution in [1.82, 2.24) is 4.72 Å². The maximum absolute atomic E-state index is 13.1. The van der Waals surface area contributed by atoms with E-state index in [1.807, 2.05) is 0 Å². The van der Waals surface area contributed by atoms with Gasteiger partial charge in [0.25, 0.3) is 0 Å². The van der Waals surface area contributed by atoms with Crippen LogP contribution in [-0.4, -0.2) is 20.9 Å². The van der Waals surface area contributed by atoms with Crippen molar-refractivity contribution in [3.05, 3.63) is 59.4 Å². The number of rotatable bonds is 6. The minimum Gasteiger partial charge on any atom is -0.326 e. The molecule has 27 heavy (non-hydrogen) atoms. The Bertz CT molecular complexity index is 917. The number of carbonyl (C=O) groups is 1. The molecule has 1 amide bonds. The second-order valence-corrected chi connectivity index (χ2v) is 9.20. The van der Waals surface area contributed by atoms with Crippen LogP contribution in [0.3, 0.4) is 0 Å². The number of hydrogen-bond donors (Lipinski definition) is 2. The lowest BCUT2D eigenvalue weighted by atomic mass is 9.87. The van der Waals surface area contributed by atoms with Gasteiger partial charge in [-0.15, -0.1) is 0 Å². The Morgan fingerprint density at radius 2 is 1.70 bits per heavy atom. The molecule has 0 radical (unpaired) electrons. The van der Waals surface area contributed by atoms with E-state index in [4.69, 9.17) is 0 Å². The minimum atomic E-state index is -3.68. The number of amides is 1. The predicted octanol–water partition coefficient (Wildman–Crippen LogP) is 3.74. The van der Waals surface area contributed by atoms with E-state index in [1.54, 1.807) is 31.2 Å². The number of benzene rings is 2. The van der Waals surface area contributed by atoms with Crippen LogP contribution in [0.15, 0.2) is 47.4 Å². The molecule has 5 nitrogen and oxygen atoms in total. The second kappa shape index (κ2) is 8.19. The van der Waals surface area contributed by atoms with Crippen molar-refractivity contribution in [1.29, 1.82) is 0 Å². The van der Waals surface area contributed by atoms with Crippen molar-refractivity contribution >= 4 is 21.6 Å². The van der Waals surface area contributed by atoms with Gasteiger partial charge in [0, 0.05) is 18.7 Å². The molecule has 0 aliphatic rings. The third-order valence-corrected chi connectivity index (χ3v) is 5.61. The van der Waals surface area contributed by atoms with Crippen LogP contribution in [0.1, 0.15) is 38.3 Å². The van der Waals surface area contributed by atoms with E-state index in [-0.39, 0.29) is 35.0 Å². The normalized spacial score (nSPS) is 12.0. The van der Waals surface area contributed by atoms with Gasteiger partial charge >= 0.3 is 0 Å². The largest absolute Gasteiger partial charge is 0.326 e. The number of nitrogens with one attached hydrogen (secondary N) is 2. The van der Waals surface area contributed by atoms with Gasteiger partial charge in [-0.1, -0.05) is 32.9 Å². The van der Waals surface area contributed by atoms with Gasteiger partial charge in [0.15, 0.2) is 0 Å². The Labute approximate surface area is 160 Å².